The average molecular weight is 321 g/mol. The monoisotopic (exact) mass is 321 g/mol. The van der Waals surface area contributed by atoms with Gasteiger partial charge < -0.3 is 5.11 Å². The molecule has 1 aliphatic heterocycles. The van der Waals surface area contributed by atoms with Crippen LogP contribution in [-0.4, -0.2) is 37.0 Å². The van der Waals surface area contributed by atoms with Gasteiger partial charge in [-0.1, -0.05) is 24.3 Å². The zero-order chi connectivity index (χ0) is 15.7. The zero-order valence-corrected chi connectivity index (χ0v) is 13.7. The molecule has 2 unspecified atom stereocenters. The largest absolute Gasteiger partial charge is 0.396 e. The molecule has 1 aromatic carbocycles. The van der Waals surface area contributed by atoms with Crippen LogP contribution in [0.25, 0.3) is 6.08 Å². The molecule has 120 valence electrons. The standard InChI is InChI=1S/C17H23NO3S/c1-13-6-7-14(12-19)11-18(13)22(20,21)17-9-8-15-4-2-3-5-16(15)10-17/h2-5,10,13-14,19H,6-9,11-12H2,1H3. The SMILES string of the molecule is CC1CCC(CO)CN1S(=O)(=O)C1=Cc2ccccc2CC1. The van der Waals surface area contributed by atoms with Crippen molar-refractivity contribution in [3.63, 3.8) is 0 Å². The fourth-order valence-corrected chi connectivity index (χ4v) is 5.31. The molecule has 2 aliphatic rings. The maximum absolute atomic E-state index is 13.0. The smallest absolute Gasteiger partial charge is 0.239 e. The van der Waals surface area contributed by atoms with Crippen molar-refractivity contribution >= 4 is 16.1 Å². The summed E-state index contributed by atoms with van der Waals surface area (Å²) in [5.41, 5.74) is 2.22. The maximum Gasteiger partial charge on any atom is 0.239 e. The highest BCUT2D eigenvalue weighted by Gasteiger charge is 2.36. The molecule has 2 atom stereocenters. The number of allylic oxidation sites excluding steroid dienone is 1. The van der Waals surface area contributed by atoms with Crippen LogP contribution in [0.15, 0.2) is 29.2 Å². The van der Waals surface area contributed by atoms with Gasteiger partial charge in [-0.3, -0.25) is 0 Å². The van der Waals surface area contributed by atoms with E-state index in [2.05, 4.69) is 6.07 Å². The van der Waals surface area contributed by atoms with Gasteiger partial charge in [0.15, 0.2) is 0 Å². The molecule has 0 spiro atoms. The number of nitrogens with zero attached hydrogens (tertiary/aromatic N) is 1. The first kappa shape index (κ1) is 15.7. The van der Waals surface area contributed by atoms with Gasteiger partial charge in [0.2, 0.25) is 10.0 Å². The number of piperidine rings is 1. The molecule has 0 aromatic heterocycles. The lowest BCUT2D eigenvalue weighted by molar-refractivity contribution is 0.140. The normalized spacial score (nSPS) is 26.4. The molecule has 1 heterocycles. The van der Waals surface area contributed by atoms with E-state index in [-0.39, 0.29) is 18.6 Å². The van der Waals surface area contributed by atoms with Gasteiger partial charge >= 0.3 is 0 Å². The Balaban J connectivity index is 1.91. The lowest BCUT2D eigenvalue weighted by atomic mass is 9.96. The molecule has 3 rings (SSSR count). The highest BCUT2D eigenvalue weighted by atomic mass is 32.2. The third-order valence-corrected chi connectivity index (χ3v) is 6.94. The molecule has 22 heavy (non-hydrogen) atoms. The average Bonchev–Trinajstić information content (AvgIpc) is 2.54. The van der Waals surface area contributed by atoms with Crippen LogP contribution in [-0.2, 0) is 16.4 Å². The summed E-state index contributed by atoms with van der Waals surface area (Å²) in [5, 5.41) is 9.37. The summed E-state index contributed by atoms with van der Waals surface area (Å²) in [6, 6.07) is 7.97. The molecule has 1 aliphatic carbocycles. The summed E-state index contributed by atoms with van der Waals surface area (Å²) in [7, 11) is -3.44. The highest BCUT2D eigenvalue weighted by molar-refractivity contribution is 7.93. The quantitative estimate of drug-likeness (QED) is 0.930. The molecule has 5 heteroatoms. The molecule has 1 fully saturated rings. The highest BCUT2D eigenvalue weighted by Crippen LogP contribution is 2.33. The number of aryl methyl sites for hydroxylation is 1. The van der Waals surface area contributed by atoms with Gasteiger partial charge in [0.05, 0.1) is 4.91 Å². The van der Waals surface area contributed by atoms with E-state index in [1.54, 1.807) is 4.31 Å². The van der Waals surface area contributed by atoms with E-state index in [1.807, 2.05) is 31.2 Å². The number of rotatable bonds is 3. The number of fused-ring (bicyclic) bond motifs is 1. The van der Waals surface area contributed by atoms with E-state index >= 15 is 0 Å². The molecule has 0 amide bonds. The van der Waals surface area contributed by atoms with Crippen molar-refractivity contribution < 1.29 is 13.5 Å². The fourth-order valence-electron chi connectivity index (χ4n) is 3.39. The van der Waals surface area contributed by atoms with Gasteiger partial charge in [0, 0.05) is 19.2 Å². The van der Waals surface area contributed by atoms with Crippen LogP contribution in [0.5, 0.6) is 0 Å². The van der Waals surface area contributed by atoms with Crippen molar-refractivity contribution in [1.29, 1.82) is 0 Å². The summed E-state index contributed by atoms with van der Waals surface area (Å²) < 4.78 is 27.6. The van der Waals surface area contributed by atoms with Crippen LogP contribution in [0.4, 0.5) is 0 Å². The second-order valence-electron chi connectivity index (χ2n) is 6.36. The van der Waals surface area contributed by atoms with Gasteiger partial charge in [-0.05, 0) is 55.7 Å². The maximum atomic E-state index is 13.0. The Morgan fingerprint density at radius 3 is 2.77 bits per heavy atom. The van der Waals surface area contributed by atoms with Crippen molar-refractivity contribution in [2.75, 3.05) is 13.2 Å². The van der Waals surface area contributed by atoms with Gasteiger partial charge in [0.25, 0.3) is 0 Å². The van der Waals surface area contributed by atoms with Crippen molar-refractivity contribution in [1.82, 2.24) is 4.31 Å². The van der Waals surface area contributed by atoms with Gasteiger partial charge in [0.1, 0.15) is 0 Å². The van der Waals surface area contributed by atoms with Crippen LogP contribution in [0, 0.1) is 5.92 Å². The number of hydrogen-bond donors (Lipinski definition) is 1. The summed E-state index contributed by atoms with van der Waals surface area (Å²) >= 11 is 0. The minimum atomic E-state index is -3.44. The second kappa shape index (κ2) is 6.14. The Morgan fingerprint density at radius 2 is 2.00 bits per heavy atom. The first-order valence-electron chi connectivity index (χ1n) is 7.93. The second-order valence-corrected chi connectivity index (χ2v) is 8.30. The molecular weight excluding hydrogens is 298 g/mol. The molecule has 0 saturated carbocycles. The Kier molecular flexibility index (Phi) is 4.39. The van der Waals surface area contributed by atoms with Crippen molar-refractivity contribution in [2.24, 2.45) is 5.92 Å². The van der Waals surface area contributed by atoms with E-state index in [4.69, 9.17) is 0 Å². The molecule has 1 N–H and O–H groups in total. The lowest BCUT2D eigenvalue weighted by Gasteiger charge is -2.37. The number of benzene rings is 1. The number of sulfonamides is 1. The molecule has 1 saturated heterocycles. The Hall–Kier alpha value is -1.17. The minimum absolute atomic E-state index is 0.00544. The van der Waals surface area contributed by atoms with Crippen LogP contribution in [0.2, 0.25) is 0 Å². The van der Waals surface area contributed by atoms with Gasteiger partial charge in [-0.2, -0.15) is 4.31 Å². The van der Waals surface area contributed by atoms with E-state index in [9.17, 15) is 13.5 Å². The van der Waals surface area contributed by atoms with Crippen molar-refractivity contribution in [3.05, 3.63) is 40.3 Å². The van der Waals surface area contributed by atoms with Gasteiger partial charge in [-0.25, -0.2) is 8.42 Å². The predicted octanol–water partition coefficient (Wildman–Crippen LogP) is 2.40. The Labute approximate surface area is 132 Å². The first-order valence-corrected chi connectivity index (χ1v) is 9.37. The van der Waals surface area contributed by atoms with E-state index < -0.39 is 10.0 Å². The molecular formula is C17H23NO3S. The first-order chi connectivity index (χ1) is 10.5. The molecule has 0 bridgehead atoms. The molecule has 4 nitrogen and oxygen atoms in total. The number of aliphatic hydroxyl groups excluding tert-OH is 1. The fraction of sp³-hybridized carbons (Fsp3) is 0.529. The van der Waals surface area contributed by atoms with Crippen LogP contribution in [0.3, 0.4) is 0 Å². The van der Waals surface area contributed by atoms with Crippen molar-refractivity contribution in [3.8, 4) is 0 Å². The van der Waals surface area contributed by atoms with Crippen LogP contribution in [0.1, 0.15) is 37.3 Å². The third kappa shape index (κ3) is 2.85. The topological polar surface area (TPSA) is 57.6 Å². The molecule has 1 aromatic rings. The van der Waals surface area contributed by atoms with Crippen LogP contribution >= 0.6 is 0 Å². The van der Waals surface area contributed by atoms with E-state index in [1.165, 1.54) is 5.56 Å². The minimum Gasteiger partial charge on any atom is -0.396 e. The van der Waals surface area contributed by atoms with E-state index in [0.717, 1.165) is 24.8 Å². The summed E-state index contributed by atoms with van der Waals surface area (Å²) in [6.07, 6.45) is 4.86. The summed E-state index contributed by atoms with van der Waals surface area (Å²) in [5.74, 6) is 0.0578. The number of aliphatic hydroxyl groups is 1. The van der Waals surface area contributed by atoms with Crippen LogP contribution < -0.4 is 0 Å². The summed E-state index contributed by atoms with van der Waals surface area (Å²) in [4.78, 5) is 0.511. The lowest BCUT2D eigenvalue weighted by Crippen LogP contribution is -2.46. The van der Waals surface area contributed by atoms with Crippen molar-refractivity contribution in [2.45, 2.75) is 38.6 Å². The Morgan fingerprint density at radius 1 is 1.23 bits per heavy atom. The number of hydrogen-bond acceptors (Lipinski definition) is 3. The molecule has 0 radical (unpaired) electrons. The predicted molar refractivity (Wildman–Crippen MR) is 87.6 cm³/mol. The summed E-state index contributed by atoms with van der Waals surface area (Å²) in [6.45, 7) is 2.45. The van der Waals surface area contributed by atoms with Gasteiger partial charge in [-0.15, -0.1) is 0 Å². The third-order valence-electron chi connectivity index (χ3n) is 4.83. The van der Waals surface area contributed by atoms with E-state index in [0.29, 0.717) is 17.9 Å². The Bertz CT molecular complexity index is 681. The zero-order valence-electron chi connectivity index (χ0n) is 12.9.